The van der Waals surface area contributed by atoms with Crippen LogP contribution in [0, 0.1) is 25.2 Å². The van der Waals surface area contributed by atoms with E-state index in [1.54, 1.807) is 19.9 Å². The van der Waals surface area contributed by atoms with Gasteiger partial charge in [-0.05, 0) is 31.4 Å². The van der Waals surface area contributed by atoms with Gasteiger partial charge < -0.3 is 10.3 Å². The fraction of sp³-hybridized carbons (Fsp3) is 0.312. The maximum absolute atomic E-state index is 12.1. The summed E-state index contributed by atoms with van der Waals surface area (Å²) in [5, 5.41) is 20.2. The summed E-state index contributed by atoms with van der Waals surface area (Å²) in [6, 6.07) is 1.91. The van der Waals surface area contributed by atoms with Crippen LogP contribution >= 0.6 is 23.1 Å². The molecule has 0 atom stereocenters. The van der Waals surface area contributed by atoms with E-state index in [1.165, 1.54) is 23.1 Å². The van der Waals surface area contributed by atoms with Crippen molar-refractivity contribution in [3.63, 3.8) is 0 Å². The zero-order valence-corrected chi connectivity index (χ0v) is 15.5. The molecule has 0 unspecified atom stereocenters. The van der Waals surface area contributed by atoms with Gasteiger partial charge in [-0.1, -0.05) is 29.2 Å². The van der Waals surface area contributed by atoms with E-state index in [9.17, 15) is 9.59 Å². The number of pyridine rings is 1. The molecule has 7 nitrogen and oxygen atoms in total. The topological polar surface area (TPSA) is 112 Å². The predicted octanol–water partition coefficient (Wildman–Crippen LogP) is 2.56. The van der Waals surface area contributed by atoms with Crippen molar-refractivity contribution in [2.24, 2.45) is 0 Å². The van der Waals surface area contributed by atoms with Gasteiger partial charge in [0.05, 0.1) is 0 Å². The minimum absolute atomic E-state index is 0.0917. The minimum atomic E-state index is -0.399. The van der Waals surface area contributed by atoms with E-state index < -0.39 is 5.56 Å². The third-order valence-electron chi connectivity index (χ3n) is 3.50. The molecule has 0 fully saturated rings. The Bertz CT molecular complexity index is 895. The molecule has 0 spiro atoms. The van der Waals surface area contributed by atoms with Crippen molar-refractivity contribution < 1.29 is 4.79 Å². The molecule has 2 heterocycles. The molecular weight excluding hydrogens is 358 g/mol. The van der Waals surface area contributed by atoms with Gasteiger partial charge in [0.1, 0.15) is 11.6 Å². The van der Waals surface area contributed by atoms with Crippen molar-refractivity contribution in [1.82, 2.24) is 15.2 Å². The first-order valence-corrected chi connectivity index (χ1v) is 9.26. The minimum Gasteiger partial charge on any atom is -0.325 e. The highest BCUT2D eigenvalue weighted by atomic mass is 32.2. The molecule has 0 aliphatic heterocycles. The van der Waals surface area contributed by atoms with Gasteiger partial charge in [-0.25, -0.2) is 0 Å². The Morgan fingerprint density at radius 1 is 1.48 bits per heavy atom. The summed E-state index contributed by atoms with van der Waals surface area (Å²) >= 11 is 2.81. The van der Waals surface area contributed by atoms with Crippen molar-refractivity contribution in [1.29, 1.82) is 5.26 Å². The molecular formula is C16H17N5O2S2. The third kappa shape index (κ3) is 4.78. The molecule has 2 aromatic rings. The number of thioether (sulfide) groups is 1. The van der Waals surface area contributed by atoms with Crippen LogP contribution in [-0.2, 0) is 11.2 Å². The molecule has 0 aliphatic carbocycles. The second-order valence-corrected chi connectivity index (χ2v) is 7.44. The van der Waals surface area contributed by atoms with Gasteiger partial charge in [-0.2, -0.15) is 5.26 Å². The highest BCUT2D eigenvalue weighted by molar-refractivity contribution is 8.01. The molecule has 25 heavy (non-hydrogen) atoms. The molecule has 0 saturated heterocycles. The van der Waals surface area contributed by atoms with Gasteiger partial charge in [-0.3, -0.25) is 9.59 Å². The lowest BCUT2D eigenvalue weighted by molar-refractivity contribution is -0.116. The van der Waals surface area contributed by atoms with E-state index >= 15 is 0 Å². The van der Waals surface area contributed by atoms with E-state index in [-0.39, 0.29) is 17.9 Å². The van der Waals surface area contributed by atoms with Gasteiger partial charge in [0.25, 0.3) is 5.56 Å². The first-order chi connectivity index (χ1) is 12.0. The van der Waals surface area contributed by atoms with E-state index in [1.807, 2.05) is 6.07 Å². The summed E-state index contributed by atoms with van der Waals surface area (Å²) in [4.78, 5) is 26.5. The molecule has 0 bridgehead atoms. The normalized spacial score (nSPS) is 10.3. The summed E-state index contributed by atoms with van der Waals surface area (Å²) in [5.41, 5.74) is 1.80. The summed E-state index contributed by atoms with van der Waals surface area (Å²) in [6.07, 6.45) is 2.41. The van der Waals surface area contributed by atoms with Crippen molar-refractivity contribution in [3.05, 3.63) is 45.4 Å². The number of nitrogens with one attached hydrogen (secondary N) is 2. The largest absolute Gasteiger partial charge is 0.325 e. The maximum atomic E-state index is 12.1. The lowest BCUT2D eigenvalue weighted by Crippen LogP contribution is -2.18. The zero-order chi connectivity index (χ0) is 18.4. The van der Waals surface area contributed by atoms with Crippen LogP contribution in [0.4, 0.5) is 5.13 Å². The van der Waals surface area contributed by atoms with Crippen molar-refractivity contribution >= 4 is 34.1 Å². The van der Waals surface area contributed by atoms with Gasteiger partial charge in [0.15, 0.2) is 4.34 Å². The number of carbonyl (C=O) groups is 1. The molecule has 130 valence electrons. The average Bonchev–Trinajstić information content (AvgIpc) is 3.00. The first kappa shape index (κ1) is 18.9. The van der Waals surface area contributed by atoms with Crippen molar-refractivity contribution in [3.8, 4) is 6.07 Å². The highest BCUT2D eigenvalue weighted by Crippen LogP contribution is 2.25. The fourth-order valence-corrected chi connectivity index (χ4v) is 3.82. The summed E-state index contributed by atoms with van der Waals surface area (Å²) < 4.78 is 0.765. The van der Waals surface area contributed by atoms with Gasteiger partial charge in [-0.15, -0.1) is 16.8 Å². The van der Waals surface area contributed by atoms with Crippen molar-refractivity contribution in [2.45, 2.75) is 31.0 Å². The Morgan fingerprint density at radius 2 is 2.24 bits per heavy atom. The number of H-pyrrole nitrogens is 1. The van der Waals surface area contributed by atoms with Crippen molar-refractivity contribution in [2.75, 3.05) is 11.1 Å². The number of rotatable bonds is 7. The van der Waals surface area contributed by atoms with Crippen LogP contribution < -0.4 is 10.9 Å². The Hall–Kier alpha value is -2.44. The molecule has 0 aromatic carbocycles. The van der Waals surface area contributed by atoms with E-state index in [2.05, 4.69) is 27.1 Å². The molecule has 1 amide bonds. The quantitative estimate of drug-likeness (QED) is 0.437. The number of carbonyl (C=O) groups excluding carboxylic acids is 1. The number of nitriles is 1. The Balaban J connectivity index is 2.01. The summed E-state index contributed by atoms with van der Waals surface area (Å²) in [6.45, 7) is 7.12. The third-order valence-corrected chi connectivity index (χ3v) is 5.47. The lowest BCUT2D eigenvalue weighted by Gasteiger charge is -2.10. The summed E-state index contributed by atoms with van der Waals surface area (Å²) in [7, 11) is 0. The van der Waals surface area contributed by atoms with Crippen LogP contribution in [0.1, 0.15) is 28.8 Å². The van der Waals surface area contributed by atoms with Crippen LogP contribution in [0.15, 0.2) is 21.8 Å². The number of amides is 1. The number of aromatic amines is 1. The fourth-order valence-electron chi connectivity index (χ4n) is 2.29. The van der Waals surface area contributed by atoms with Crippen LogP contribution in [0.3, 0.4) is 0 Å². The number of anilines is 1. The number of aromatic nitrogens is 3. The smallest absolute Gasteiger partial charge is 0.266 e. The molecule has 0 radical (unpaired) electrons. The number of aryl methyl sites for hydroxylation is 1. The van der Waals surface area contributed by atoms with Gasteiger partial charge in [0, 0.05) is 17.9 Å². The lowest BCUT2D eigenvalue weighted by atomic mass is 9.99. The first-order valence-electron chi connectivity index (χ1n) is 7.45. The molecule has 2 rings (SSSR count). The van der Waals surface area contributed by atoms with E-state index in [0.717, 1.165) is 15.7 Å². The Labute approximate surface area is 153 Å². The number of hydrogen-bond acceptors (Lipinski definition) is 7. The van der Waals surface area contributed by atoms with Crippen LogP contribution in [0.25, 0.3) is 0 Å². The summed E-state index contributed by atoms with van der Waals surface area (Å²) in [5.74, 6) is 0.536. The van der Waals surface area contributed by atoms with E-state index in [0.29, 0.717) is 22.8 Å². The standard InChI is InChI=1S/C16H17N5O2S2/c1-4-7-24-16-21-20-15(25-16)19-13(22)6-5-11-9(2)12(8-17)14(23)18-10(11)3/h4H,1,5-7H2,2-3H3,(H,18,23)(H,19,20,22). The van der Waals surface area contributed by atoms with Crippen LogP contribution in [0.2, 0.25) is 0 Å². The molecule has 2 aromatic heterocycles. The molecule has 9 heteroatoms. The number of hydrogen-bond donors (Lipinski definition) is 2. The van der Waals surface area contributed by atoms with Crippen LogP contribution in [0.5, 0.6) is 0 Å². The Morgan fingerprint density at radius 3 is 2.92 bits per heavy atom. The van der Waals surface area contributed by atoms with Gasteiger partial charge in [0.2, 0.25) is 11.0 Å². The molecule has 0 aliphatic rings. The molecule has 0 saturated carbocycles. The number of nitrogens with zero attached hydrogens (tertiary/aromatic N) is 3. The van der Waals surface area contributed by atoms with Gasteiger partial charge >= 0.3 is 0 Å². The Kier molecular flexibility index (Phi) is 6.50. The van der Waals surface area contributed by atoms with E-state index in [4.69, 9.17) is 5.26 Å². The monoisotopic (exact) mass is 375 g/mol. The predicted molar refractivity (Wildman–Crippen MR) is 99.0 cm³/mol. The SMILES string of the molecule is C=CCSc1nnc(NC(=O)CCc2c(C)[nH]c(=O)c(C#N)c2C)s1. The zero-order valence-electron chi connectivity index (χ0n) is 13.9. The maximum Gasteiger partial charge on any atom is 0.266 e. The van der Waals surface area contributed by atoms with Crippen LogP contribution in [-0.4, -0.2) is 26.8 Å². The highest BCUT2D eigenvalue weighted by Gasteiger charge is 2.14. The molecule has 2 N–H and O–H groups in total. The second kappa shape index (κ2) is 8.60. The average molecular weight is 375 g/mol. The second-order valence-electron chi connectivity index (χ2n) is 5.19.